The van der Waals surface area contributed by atoms with Gasteiger partial charge in [-0.15, -0.1) is 0 Å². The Kier molecular flexibility index (Phi) is 4.60. The van der Waals surface area contributed by atoms with Crippen molar-refractivity contribution in [1.29, 1.82) is 0 Å². The van der Waals surface area contributed by atoms with Gasteiger partial charge in [-0.25, -0.2) is 0 Å². The van der Waals surface area contributed by atoms with Crippen LogP contribution < -0.4 is 5.32 Å². The van der Waals surface area contributed by atoms with Crippen LogP contribution in [0.4, 0.5) is 0 Å². The van der Waals surface area contributed by atoms with E-state index in [2.05, 4.69) is 38.0 Å². The lowest BCUT2D eigenvalue weighted by Crippen LogP contribution is -2.44. The van der Waals surface area contributed by atoms with Gasteiger partial charge in [0.2, 0.25) is 0 Å². The van der Waals surface area contributed by atoms with E-state index < -0.39 is 0 Å². The number of likely N-dealkylation sites (N-methyl/N-ethyl adjacent to an activating group) is 2. The summed E-state index contributed by atoms with van der Waals surface area (Å²) in [7, 11) is 4.30. The van der Waals surface area contributed by atoms with Gasteiger partial charge in [-0.3, -0.25) is 0 Å². The highest BCUT2D eigenvalue weighted by molar-refractivity contribution is 4.87. The molecule has 2 atom stereocenters. The minimum absolute atomic E-state index is 0.569. The summed E-state index contributed by atoms with van der Waals surface area (Å²) in [5.41, 5.74) is 0.569. The fourth-order valence-electron chi connectivity index (χ4n) is 3.04. The maximum Gasteiger partial charge on any atom is 0.0119 e. The highest BCUT2D eigenvalue weighted by atomic mass is 15.1. The van der Waals surface area contributed by atoms with Gasteiger partial charge >= 0.3 is 0 Å². The van der Waals surface area contributed by atoms with Gasteiger partial charge in [-0.1, -0.05) is 20.8 Å². The van der Waals surface area contributed by atoms with E-state index in [0.29, 0.717) is 5.41 Å². The first-order valence-electron chi connectivity index (χ1n) is 6.31. The lowest BCUT2D eigenvalue weighted by molar-refractivity contribution is 0.0776. The van der Waals surface area contributed by atoms with Crippen LogP contribution in [0.5, 0.6) is 0 Å². The van der Waals surface area contributed by atoms with Gasteiger partial charge in [0.25, 0.3) is 0 Å². The maximum absolute atomic E-state index is 3.23. The van der Waals surface area contributed by atoms with Crippen molar-refractivity contribution in [2.24, 2.45) is 11.3 Å². The fourth-order valence-corrected chi connectivity index (χ4v) is 3.04. The summed E-state index contributed by atoms with van der Waals surface area (Å²) in [5.74, 6) is 0.843. The molecule has 1 rings (SSSR count). The quantitative estimate of drug-likeness (QED) is 0.769. The summed E-state index contributed by atoms with van der Waals surface area (Å²) in [6.45, 7) is 9.51. The highest BCUT2D eigenvalue weighted by Crippen LogP contribution is 2.39. The van der Waals surface area contributed by atoms with E-state index in [9.17, 15) is 0 Å². The van der Waals surface area contributed by atoms with Crippen LogP contribution in [-0.4, -0.2) is 38.1 Å². The van der Waals surface area contributed by atoms with E-state index in [1.165, 1.54) is 25.8 Å². The zero-order chi connectivity index (χ0) is 11.5. The molecule has 1 N–H and O–H groups in total. The van der Waals surface area contributed by atoms with Gasteiger partial charge in [0.15, 0.2) is 0 Å². The van der Waals surface area contributed by atoms with Gasteiger partial charge in [0, 0.05) is 19.1 Å². The normalized spacial score (nSPS) is 30.8. The largest absolute Gasteiger partial charge is 0.318 e. The van der Waals surface area contributed by atoms with Crippen molar-refractivity contribution in [3.63, 3.8) is 0 Å². The van der Waals surface area contributed by atoms with E-state index in [-0.39, 0.29) is 0 Å². The minimum atomic E-state index is 0.569. The summed E-state index contributed by atoms with van der Waals surface area (Å²) in [5, 5.41) is 3.23. The van der Waals surface area contributed by atoms with Gasteiger partial charge < -0.3 is 10.2 Å². The van der Waals surface area contributed by atoms with Crippen LogP contribution in [0.2, 0.25) is 0 Å². The number of nitrogens with zero attached hydrogens (tertiary/aromatic N) is 1. The van der Waals surface area contributed by atoms with Crippen LogP contribution in [0.25, 0.3) is 0 Å². The summed E-state index contributed by atoms with van der Waals surface area (Å²) >= 11 is 0. The van der Waals surface area contributed by atoms with Crippen molar-refractivity contribution < 1.29 is 0 Å². The predicted octanol–water partition coefficient (Wildman–Crippen LogP) is 2.35. The summed E-state index contributed by atoms with van der Waals surface area (Å²) < 4.78 is 0. The highest BCUT2D eigenvalue weighted by Gasteiger charge is 2.33. The van der Waals surface area contributed by atoms with Crippen molar-refractivity contribution >= 4 is 0 Å². The van der Waals surface area contributed by atoms with Crippen molar-refractivity contribution in [2.75, 3.05) is 27.2 Å². The number of hydrogen-bond donors (Lipinski definition) is 1. The third-order valence-corrected chi connectivity index (χ3v) is 3.93. The van der Waals surface area contributed by atoms with Crippen LogP contribution in [0, 0.1) is 11.3 Å². The van der Waals surface area contributed by atoms with E-state index in [1.54, 1.807) is 0 Å². The molecule has 15 heavy (non-hydrogen) atoms. The monoisotopic (exact) mass is 212 g/mol. The van der Waals surface area contributed by atoms with Crippen molar-refractivity contribution in [3.8, 4) is 0 Å². The Morgan fingerprint density at radius 1 is 1.40 bits per heavy atom. The number of hydrogen-bond acceptors (Lipinski definition) is 2. The molecule has 0 aliphatic heterocycles. The van der Waals surface area contributed by atoms with E-state index in [0.717, 1.165) is 18.5 Å². The lowest BCUT2D eigenvalue weighted by Gasteiger charge is -2.43. The predicted molar refractivity (Wildman–Crippen MR) is 67.1 cm³/mol. The Morgan fingerprint density at radius 3 is 2.60 bits per heavy atom. The molecule has 0 radical (unpaired) electrons. The first-order valence-corrected chi connectivity index (χ1v) is 6.31. The van der Waals surface area contributed by atoms with Crippen LogP contribution in [0.3, 0.4) is 0 Å². The zero-order valence-corrected chi connectivity index (χ0v) is 11.1. The molecule has 0 heterocycles. The molecule has 2 heteroatoms. The molecule has 1 aliphatic carbocycles. The third-order valence-electron chi connectivity index (χ3n) is 3.93. The second-order valence-corrected chi connectivity index (χ2v) is 6.04. The molecule has 0 aromatic carbocycles. The molecule has 0 amide bonds. The molecule has 1 fully saturated rings. The summed E-state index contributed by atoms with van der Waals surface area (Å²) in [4.78, 5) is 2.54. The molecule has 0 bridgehead atoms. The van der Waals surface area contributed by atoms with Crippen LogP contribution >= 0.6 is 0 Å². The fraction of sp³-hybridized carbons (Fsp3) is 1.00. The van der Waals surface area contributed by atoms with Crippen molar-refractivity contribution in [3.05, 3.63) is 0 Å². The average Bonchev–Trinajstić information content (AvgIpc) is 2.12. The summed E-state index contributed by atoms with van der Waals surface area (Å²) in [6, 6.07) is 0.798. The van der Waals surface area contributed by atoms with Gasteiger partial charge in [-0.2, -0.15) is 0 Å². The van der Waals surface area contributed by atoms with Crippen LogP contribution in [0.15, 0.2) is 0 Å². The second kappa shape index (κ2) is 5.31. The number of rotatable bonds is 4. The van der Waals surface area contributed by atoms with Gasteiger partial charge in [0.1, 0.15) is 0 Å². The Bertz CT molecular complexity index is 189. The van der Waals surface area contributed by atoms with Crippen LogP contribution in [-0.2, 0) is 0 Å². The smallest absolute Gasteiger partial charge is 0.0119 e. The van der Waals surface area contributed by atoms with Gasteiger partial charge in [-0.05, 0) is 44.7 Å². The minimum Gasteiger partial charge on any atom is -0.318 e. The third kappa shape index (κ3) is 3.76. The van der Waals surface area contributed by atoms with E-state index in [1.807, 2.05) is 7.05 Å². The summed E-state index contributed by atoms with van der Waals surface area (Å²) in [6.07, 6.45) is 4.13. The molecule has 0 aromatic heterocycles. The van der Waals surface area contributed by atoms with Crippen molar-refractivity contribution in [2.45, 2.75) is 46.1 Å². The van der Waals surface area contributed by atoms with Crippen molar-refractivity contribution in [1.82, 2.24) is 10.2 Å². The average molecular weight is 212 g/mol. The lowest BCUT2D eigenvalue weighted by atomic mass is 9.70. The maximum atomic E-state index is 3.23. The van der Waals surface area contributed by atoms with E-state index in [4.69, 9.17) is 0 Å². The Labute approximate surface area is 95.4 Å². The molecular weight excluding hydrogens is 184 g/mol. The molecule has 1 saturated carbocycles. The molecule has 90 valence electrons. The first kappa shape index (κ1) is 13.0. The Morgan fingerprint density at radius 2 is 2.07 bits per heavy atom. The molecule has 2 unspecified atom stereocenters. The Balaban J connectivity index is 2.43. The SMILES string of the molecule is CNCCN(C)C1CCC(C)(C)CC1C. The molecule has 0 saturated heterocycles. The molecule has 0 spiro atoms. The molecule has 2 nitrogen and oxygen atoms in total. The van der Waals surface area contributed by atoms with Gasteiger partial charge in [0.05, 0.1) is 0 Å². The van der Waals surface area contributed by atoms with Crippen LogP contribution in [0.1, 0.15) is 40.0 Å². The first-order chi connectivity index (χ1) is 6.96. The number of nitrogens with one attached hydrogen (secondary N) is 1. The Hall–Kier alpha value is -0.0800. The zero-order valence-electron chi connectivity index (χ0n) is 11.1. The van der Waals surface area contributed by atoms with E-state index >= 15 is 0 Å². The topological polar surface area (TPSA) is 15.3 Å². The second-order valence-electron chi connectivity index (χ2n) is 6.04. The molecule has 1 aliphatic rings. The standard InChI is InChI=1S/C13H28N2/c1-11-10-13(2,3)7-6-12(11)15(5)9-8-14-4/h11-12,14H,6-10H2,1-5H3. The molecule has 0 aromatic rings. The molecular formula is C13H28N2.